The number of aromatic nitrogens is 4. The molecule has 2 aromatic rings. The van der Waals surface area contributed by atoms with Gasteiger partial charge in [-0.2, -0.15) is 10.2 Å². The van der Waals surface area contributed by atoms with Gasteiger partial charge in [-0.05, 0) is 25.5 Å². The Hall–Kier alpha value is -2.25. The molecule has 0 aliphatic heterocycles. The highest BCUT2D eigenvalue weighted by atomic mass is 19.3. The summed E-state index contributed by atoms with van der Waals surface area (Å²) in [5.74, 6) is -0.278. The van der Waals surface area contributed by atoms with Gasteiger partial charge in [0.15, 0.2) is 0 Å². The SMILES string of the molecule is CC[C@H](NC(=O)Cn1nc(C(F)F)cc1C)c1ccnn1C. The topological polar surface area (TPSA) is 64.7 Å². The second-order valence-electron chi connectivity index (χ2n) is 5.08. The molecule has 2 heterocycles. The molecule has 22 heavy (non-hydrogen) atoms. The maximum Gasteiger partial charge on any atom is 0.282 e. The fourth-order valence-corrected chi connectivity index (χ4v) is 2.29. The molecule has 120 valence electrons. The van der Waals surface area contributed by atoms with Gasteiger partial charge in [0.1, 0.15) is 12.2 Å². The molecule has 1 atom stereocenters. The van der Waals surface area contributed by atoms with Crippen LogP contribution >= 0.6 is 0 Å². The van der Waals surface area contributed by atoms with Gasteiger partial charge in [0, 0.05) is 18.9 Å². The van der Waals surface area contributed by atoms with Gasteiger partial charge in [0.25, 0.3) is 6.43 Å². The van der Waals surface area contributed by atoms with E-state index in [4.69, 9.17) is 0 Å². The lowest BCUT2D eigenvalue weighted by Crippen LogP contribution is -2.32. The van der Waals surface area contributed by atoms with Crippen molar-refractivity contribution < 1.29 is 13.6 Å². The van der Waals surface area contributed by atoms with Gasteiger partial charge in [-0.15, -0.1) is 0 Å². The number of halogens is 2. The number of nitrogens with one attached hydrogen (secondary N) is 1. The van der Waals surface area contributed by atoms with Crippen molar-refractivity contribution >= 4 is 5.91 Å². The van der Waals surface area contributed by atoms with Crippen LogP contribution in [0.5, 0.6) is 0 Å². The molecule has 8 heteroatoms. The normalized spacial score (nSPS) is 12.6. The van der Waals surface area contributed by atoms with E-state index in [1.54, 1.807) is 24.9 Å². The Bertz CT molecular complexity index is 649. The zero-order chi connectivity index (χ0) is 16.3. The summed E-state index contributed by atoms with van der Waals surface area (Å²) in [6.07, 6.45) is -0.275. The first-order valence-electron chi connectivity index (χ1n) is 7.02. The quantitative estimate of drug-likeness (QED) is 0.889. The molecule has 1 N–H and O–H groups in total. The van der Waals surface area contributed by atoms with Gasteiger partial charge in [-0.25, -0.2) is 8.78 Å². The van der Waals surface area contributed by atoms with E-state index in [-0.39, 0.29) is 24.2 Å². The zero-order valence-corrected chi connectivity index (χ0v) is 12.8. The van der Waals surface area contributed by atoms with Crippen LogP contribution in [0.1, 0.15) is 42.9 Å². The molecule has 0 saturated heterocycles. The second-order valence-corrected chi connectivity index (χ2v) is 5.08. The van der Waals surface area contributed by atoms with Gasteiger partial charge >= 0.3 is 0 Å². The molecule has 2 aromatic heterocycles. The lowest BCUT2D eigenvalue weighted by Gasteiger charge is -2.17. The molecule has 0 aliphatic rings. The molecular weight excluding hydrogens is 292 g/mol. The average Bonchev–Trinajstić information content (AvgIpc) is 3.03. The summed E-state index contributed by atoms with van der Waals surface area (Å²) in [7, 11) is 1.80. The number of amides is 1. The highest BCUT2D eigenvalue weighted by Crippen LogP contribution is 2.18. The van der Waals surface area contributed by atoms with E-state index >= 15 is 0 Å². The van der Waals surface area contributed by atoms with Crippen molar-refractivity contribution in [2.45, 2.75) is 39.3 Å². The van der Waals surface area contributed by atoms with E-state index in [0.717, 1.165) is 5.69 Å². The summed E-state index contributed by atoms with van der Waals surface area (Å²) in [6, 6.07) is 2.95. The van der Waals surface area contributed by atoms with Crippen molar-refractivity contribution in [3.8, 4) is 0 Å². The molecule has 6 nitrogen and oxygen atoms in total. The van der Waals surface area contributed by atoms with Crippen molar-refractivity contribution in [1.29, 1.82) is 0 Å². The second kappa shape index (κ2) is 6.67. The summed E-state index contributed by atoms with van der Waals surface area (Å²) in [5.41, 5.74) is 1.10. The molecule has 0 saturated carbocycles. The van der Waals surface area contributed by atoms with E-state index in [1.165, 1.54) is 10.7 Å². The smallest absolute Gasteiger partial charge is 0.282 e. The zero-order valence-electron chi connectivity index (χ0n) is 12.8. The van der Waals surface area contributed by atoms with Crippen LogP contribution in [-0.2, 0) is 18.4 Å². The molecule has 0 bridgehead atoms. The van der Waals surface area contributed by atoms with Crippen molar-refractivity contribution in [3.63, 3.8) is 0 Å². The summed E-state index contributed by atoms with van der Waals surface area (Å²) < 4.78 is 28.2. The van der Waals surface area contributed by atoms with Crippen LogP contribution in [0.4, 0.5) is 8.78 Å². The van der Waals surface area contributed by atoms with Crippen LogP contribution < -0.4 is 5.32 Å². The molecule has 0 spiro atoms. The van der Waals surface area contributed by atoms with E-state index in [0.29, 0.717) is 12.1 Å². The monoisotopic (exact) mass is 311 g/mol. The summed E-state index contributed by atoms with van der Waals surface area (Å²) in [6.45, 7) is 3.50. The summed E-state index contributed by atoms with van der Waals surface area (Å²) in [4.78, 5) is 12.1. The van der Waals surface area contributed by atoms with Crippen LogP contribution in [0.25, 0.3) is 0 Å². The fourth-order valence-electron chi connectivity index (χ4n) is 2.29. The third kappa shape index (κ3) is 3.49. The number of aryl methyl sites for hydroxylation is 2. The molecule has 2 rings (SSSR count). The molecule has 0 radical (unpaired) electrons. The number of hydrogen-bond donors (Lipinski definition) is 1. The van der Waals surface area contributed by atoms with Crippen LogP contribution in [0.3, 0.4) is 0 Å². The Morgan fingerprint density at radius 1 is 1.45 bits per heavy atom. The van der Waals surface area contributed by atoms with Gasteiger partial charge in [0.05, 0.1) is 11.7 Å². The molecule has 0 fully saturated rings. The predicted octanol–water partition coefficient (Wildman–Crippen LogP) is 2.13. The Balaban J connectivity index is 2.05. The maximum absolute atomic E-state index is 12.6. The van der Waals surface area contributed by atoms with Crippen molar-refractivity contribution in [2.75, 3.05) is 0 Å². The lowest BCUT2D eigenvalue weighted by atomic mass is 10.1. The van der Waals surface area contributed by atoms with Crippen molar-refractivity contribution in [2.24, 2.45) is 7.05 Å². The number of nitrogens with zero attached hydrogens (tertiary/aromatic N) is 4. The summed E-state index contributed by atoms with van der Waals surface area (Å²) in [5, 5.41) is 10.7. The van der Waals surface area contributed by atoms with Crippen LogP contribution in [-0.4, -0.2) is 25.5 Å². The number of carbonyl (C=O) groups excluding carboxylic acids is 1. The first kappa shape index (κ1) is 16.1. The Kier molecular flexibility index (Phi) is 4.89. The number of carbonyl (C=O) groups is 1. The van der Waals surface area contributed by atoms with Gasteiger partial charge in [0.2, 0.25) is 5.91 Å². The average molecular weight is 311 g/mol. The van der Waals surface area contributed by atoms with Gasteiger partial charge in [-0.3, -0.25) is 14.2 Å². The maximum atomic E-state index is 12.6. The molecular formula is C14H19F2N5O. The Labute approximate surface area is 127 Å². The van der Waals surface area contributed by atoms with Gasteiger partial charge in [-0.1, -0.05) is 6.92 Å². The fraction of sp³-hybridized carbons (Fsp3) is 0.500. The van der Waals surface area contributed by atoms with Crippen LogP contribution in [0.15, 0.2) is 18.3 Å². The van der Waals surface area contributed by atoms with Crippen LogP contribution in [0, 0.1) is 6.92 Å². The largest absolute Gasteiger partial charge is 0.346 e. The van der Waals surface area contributed by atoms with Crippen molar-refractivity contribution in [1.82, 2.24) is 24.9 Å². The van der Waals surface area contributed by atoms with Crippen LogP contribution in [0.2, 0.25) is 0 Å². The van der Waals surface area contributed by atoms with E-state index in [2.05, 4.69) is 15.5 Å². The van der Waals surface area contributed by atoms with E-state index in [9.17, 15) is 13.6 Å². The first-order chi connectivity index (χ1) is 10.4. The minimum absolute atomic E-state index is 0.0904. The Morgan fingerprint density at radius 2 is 2.18 bits per heavy atom. The molecule has 1 amide bonds. The summed E-state index contributed by atoms with van der Waals surface area (Å²) >= 11 is 0. The Morgan fingerprint density at radius 3 is 2.68 bits per heavy atom. The van der Waals surface area contributed by atoms with Crippen molar-refractivity contribution in [3.05, 3.63) is 35.4 Å². The lowest BCUT2D eigenvalue weighted by molar-refractivity contribution is -0.122. The number of hydrogen-bond acceptors (Lipinski definition) is 3. The van der Waals surface area contributed by atoms with E-state index < -0.39 is 6.43 Å². The molecule has 0 aliphatic carbocycles. The standard InChI is InChI=1S/C14H19F2N5O/c1-4-10(12-5-6-17-20(12)3)18-13(22)8-21-9(2)7-11(19-21)14(15)16/h5-7,10,14H,4,8H2,1-3H3,(H,18,22)/t10-/m0/s1. The third-order valence-corrected chi connectivity index (χ3v) is 3.48. The third-order valence-electron chi connectivity index (χ3n) is 3.48. The molecule has 0 aromatic carbocycles. The number of rotatable bonds is 6. The first-order valence-corrected chi connectivity index (χ1v) is 7.02. The number of alkyl halides is 2. The highest BCUT2D eigenvalue weighted by Gasteiger charge is 2.18. The molecule has 0 unspecified atom stereocenters. The minimum Gasteiger partial charge on any atom is -0.346 e. The van der Waals surface area contributed by atoms with Gasteiger partial charge < -0.3 is 5.32 Å². The highest BCUT2D eigenvalue weighted by molar-refractivity contribution is 5.76. The predicted molar refractivity (Wildman–Crippen MR) is 76.3 cm³/mol. The minimum atomic E-state index is -2.64. The van der Waals surface area contributed by atoms with E-state index in [1.807, 2.05) is 13.0 Å².